The maximum atomic E-state index is 12.5. The normalized spacial score (nSPS) is 25.3. The van der Waals surface area contributed by atoms with Crippen LogP contribution in [0.25, 0.3) is 10.2 Å². The van der Waals surface area contributed by atoms with E-state index in [-0.39, 0.29) is 24.2 Å². The Morgan fingerprint density at radius 1 is 1.48 bits per heavy atom. The van der Waals surface area contributed by atoms with Gasteiger partial charge in [0, 0.05) is 11.2 Å². The van der Waals surface area contributed by atoms with Crippen LogP contribution in [0.2, 0.25) is 0 Å². The molecule has 1 saturated carbocycles. The standard InChI is InChI=1S/C15H19N3OS.ClH/c1-15(16)7-3-2-4-11(15)14(19)18-10-5-6-12-13(8-10)20-9-17-12;/h5-6,8-9,11H,2-4,7,16H2,1H3,(H,18,19);1H. The van der Waals surface area contributed by atoms with Crippen molar-refractivity contribution >= 4 is 45.6 Å². The Kier molecular flexibility index (Phi) is 4.86. The number of hydrogen-bond acceptors (Lipinski definition) is 4. The Morgan fingerprint density at radius 3 is 3.05 bits per heavy atom. The van der Waals surface area contributed by atoms with Gasteiger partial charge in [-0.3, -0.25) is 4.79 Å². The fourth-order valence-electron chi connectivity index (χ4n) is 2.95. The van der Waals surface area contributed by atoms with Crippen LogP contribution in [0.4, 0.5) is 5.69 Å². The van der Waals surface area contributed by atoms with Crippen molar-refractivity contribution in [2.24, 2.45) is 11.7 Å². The summed E-state index contributed by atoms with van der Waals surface area (Å²) in [5.41, 5.74) is 9.50. The smallest absolute Gasteiger partial charge is 0.229 e. The highest BCUT2D eigenvalue weighted by molar-refractivity contribution is 7.16. The molecule has 0 spiro atoms. The summed E-state index contributed by atoms with van der Waals surface area (Å²) >= 11 is 1.58. The van der Waals surface area contributed by atoms with Crippen LogP contribution >= 0.6 is 23.7 Å². The van der Waals surface area contributed by atoms with E-state index in [1.54, 1.807) is 11.3 Å². The van der Waals surface area contributed by atoms with Crippen molar-refractivity contribution in [3.8, 4) is 0 Å². The zero-order valence-corrected chi connectivity index (χ0v) is 13.6. The SMILES string of the molecule is CC1(N)CCCCC1C(=O)Nc1ccc2ncsc2c1.Cl. The number of rotatable bonds is 2. The van der Waals surface area contributed by atoms with Crippen LogP contribution in [0.5, 0.6) is 0 Å². The second kappa shape index (κ2) is 6.30. The summed E-state index contributed by atoms with van der Waals surface area (Å²) in [6.45, 7) is 1.99. The molecular formula is C15H20ClN3OS. The highest BCUT2D eigenvalue weighted by Gasteiger charge is 2.37. The number of nitrogens with zero attached hydrogens (tertiary/aromatic N) is 1. The summed E-state index contributed by atoms with van der Waals surface area (Å²) in [7, 11) is 0. The first-order valence-corrected chi connectivity index (χ1v) is 7.87. The number of benzene rings is 1. The average molecular weight is 326 g/mol. The van der Waals surface area contributed by atoms with Gasteiger partial charge in [0.25, 0.3) is 0 Å². The molecule has 2 unspecified atom stereocenters. The lowest BCUT2D eigenvalue weighted by Crippen LogP contribution is -2.51. The van der Waals surface area contributed by atoms with E-state index in [0.717, 1.165) is 41.6 Å². The van der Waals surface area contributed by atoms with E-state index in [9.17, 15) is 4.79 Å². The summed E-state index contributed by atoms with van der Waals surface area (Å²) in [4.78, 5) is 16.7. The van der Waals surface area contributed by atoms with E-state index >= 15 is 0 Å². The van der Waals surface area contributed by atoms with E-state index in [2.05, 4.69) is 10.3 Å². The molecule has 2 atom stereocenters. The third-order valence-corrected chi connectivity index (χ3v) is 4.96. The molecule has 3 rings (SSSR count). The summed E-state index contributed by atoms with van der Waals surface area (Å²) in [6.07, 6.45) is 3.99. The molecule has 1 amide bonds. The zero-order valence-electron chi connectivity index (χ0n) is 12.0. The molecule has 4 nitrogen and oxygen atoms in total. The number of anilines is 1. The number of nitrogens with one attached hydrogen (secondary N) is 1. The molecule has 0 bridgehead atoms. The number of nitrogens with two attached hydrogens (primary N) is 1. The molecule has 0 saturated heterocycles. The molecule has 1 fully saturated rings. The van der Waals surface area contributed by atoms with Gasteiger partial charge in [-0.15, -0.1) is 23.7 Å². The maximum Gasteiger partial charge on any atom is 0.229 e. The molecule has 0 aliphatic heterocycles. The van der Waals surface area contributed by atoms with E-state index in [1.165, 1.54) is 0 Å². The largest absolute Gasteiger partial charge is 0.326 e. The van der Waals surface area contributed by atoms with Crippen molar-refractivity contribution in [1.29, 1.82) is 0 Å². The fourth-order valence-corrected chi connectivity index (χ4v) is 3.67. The van der Waals surface area contributed by atoms with E-state index in [0.29, 0.717) is 0 Å². The summed E-state index contributed by atoms with van der Waals surface area (Å²) in [5, 5.41) is 3.01. The van der Waals surface area contributed by atoms with Gasteiger partial charge in [0.2, 0.25) is 5.91 Å². The van der Waals surface area contributed by atoms with Crippen LogP contribution in [-0.2, 0) is 4.79 Å². The Labute approximate surface area is 134 Å². The zero-order chi connectivity index (χ0) is 14.2. The van der Waals surface area contributed by atoms with Gasteiger partial charge in [0.1, 0.15) is 0 Å². The highest BCUT2D eigenvalue weighted by atomic mass is 35.5. The van der Waals surface area contributed by atoms with Crippen molar-refractivity contribution < 1.29 is 4.79 Å². The van der Waals surface area contributed by atoms with Gasteiger partial charge >= 0.3 is 0 Å². The van der Waals surface area contributed by atoms with Crippen LogP contribution in [0.3, 0.4) is 0 Å². The molecule has 0 radical (unpaired) electrons. The lowest BCUT2D eigenvalue weighted by atomic mass is 9.74. The van der Waals surface area contributed by atoms with E-state index < -0.39 is 5.54 Å². The van der Waals surface area contributed by atoms with Gasteiger partial charge in [-0.2, -0.15) is 0 Å². The van der Waals surface area contributed by atoms with Gasteiger partial charge in [-0.1, -0.05) is 12.8 Å². The van der Waals surface area contributed by atoms with Crippen molar-refractivity contribution in [1.82, 2.24) is 4.98 Å². The first-order chi connectivity index (χ1) is 9.56. The first-order valence-electron chi connectivity index (χ1n) is 6.99. The Hall–Kier alpha value is -1.17. The number of carbonyl (C=O) groups excluding carboxylic acids is 1. The van der Waals surface area contributed by atoms with Gasteiger partial charge in [0.05, 0.1) is 21.6 Å². The molecule has 6 heteroatoms. The number of carbonyl (C=O) groups is 1. The van der Waals surface area contributed by atoms with Gasteiger partial charge < -0.3 is 11.1 Å². The molecule has 1 aliphatic rings. The van der Waals surface area contributed by atoms with Crippen LogP contribution in [0, 0.1) is 5.92 Å². The topological polar surface area (TPSA) is 68.0 Å². The Bertz CT molecular complexity index is 641. The third kappa shape index (κ3) is 3.36. The minimum absolute atomic E-state index is 0. The number of aromatic nitrogens is 1. The second-order valence-electron chi connectivity index (χ2n) is 5.83. The molecule has 21 heavy (non-hydrogen) atoms. The first kappa shape index (κ1) is 16.2. The van der Waals surface area contributed by atoms with E-state index in [1.807, 2.05) is 30.6 Å². The van der Waals surface area contributed by atoms with Crippen molar-refractivity contribution in [3.05, 3.63) is 23.7 Å². The quantitative estimate of drug-likeness (QED) is 0.887. The third-order valence-electron chi connectivity index (χ3n) is 4.17. The average Bonchev–Trinajstić information content (AvgIpc) is 2.85. The fraction of sp³-hybridized carbons (Fsp3) is 0.467. The van der Waals surface area contributed by atoms with Crippen molar-refractivity contribution in [3.63, 3.8) is 0 Å². The summed E-state index contributed by atoms with van der Waals surface area (Å²) in [5.74, 6) is -0.0630. The summed E-state index contributed by atoms with van der Waals surface area (Å²) in [6, 6.07) is 5.81. The lowest BCUT2D eigenvalue weighted by Gasteiger charge is -2.37. The van der Waals surface area contributed by atoms with Crippen LogP contribution in [0.15, 0.2) is 23.7 Å². The minimum atomic E-state index is -0.392. The monoisotopic (exact) mass is 325 g/mol. The maximum absolute atomic E-state index is 12.5. The lowest BCUT2D eigenvalue weighted by molar-refractivity contribution is -0.122. The Balaban J connectivity index is 0.00000161. The minimum Gasteiger partial charge on any atom is -0.326 e. The van der Waals surface area contributed by atoms with Gasteiger partial charge in [-0.25, -0.2) is 4.98 Å². The number of fused-ring (bicyclic) bond motifs is 1. The predicted octanol–water partition coefficient (Wildman–Crippen LogP) is 3.56. The Morgan fingerprint density at radius 2 is 2.29 bits per heavy atom. The van der Waals surface area contributed by atoms with Crippen LogP contribution in [-0.4, -0.2) is 16.4 Å². The van der Waals surface area contributed by atoms with Crippen LogP contribution < -0.4 is 11.1 Å². The number of thiazole rings is 1. The van der Waals surface area contributed by atoms with Crippen molar-refractivity contribution in [2.45, 2.75) is 38.1 Å². The van der Waals surface area contributed by atoms with Gasteiger partial charge in [-0.05, 0) is 38.0 Å². The molecule has 1 aliphatic carbocycles. The molecule has 3 N–H and O–H groups in total. The molecule has 1 aromatic heterocycles. The number of hydrogen-bond donors (Lipinski definition) is 2. The van der Waals surface area contributed by atoms with E-state index in [4.69, 9.17) is 5.73 Å². The molecule has 114 valence electrons. The highest BCUT2D eigenvalue weighted by Crippen LogP contribution is 2.32. The van der Waals surface area contributed by atoms with Crippen LogP contribution in [0.1, 0.15) is 32.6 Å². The van der Waals surface area contributed by atoms with Gasteiger partial charge in [0.15, 0.2) is 0 Å². The molecule has 1 aromatic carbocycles. The summed E-state index contributed by atoms with van der Waals surface area (Å²) < 4.78 is 1.09. The number of amides is 1. The molecular weight excluding hydrogens is 306 g/mol. The van der Waals surface area contributed by atoms with Crippen molar-refractivity contribution in [2.75, 3.05) is 5.32 Å². The predicted molar refractivity (Wildman–Crippen MR) is 90.0 cm³/mol. The number of halogens is 1. The molecule has 2 aromatic rings. The molecule has 1 heterocycles. The second-order valence-corrected chi connectivity index (χ2v) is 6.71.